The van der Waals surface area contributed by atoms with Crippen LogP contribution >= 0.6 is 0 Å². The Labute approximate surface area is 200 Å². The number of rotatable bonds is 13. The minimum absolute atomic E-state index is 0.0139. The molecule has 0 aliphatic carbocycles. The van der Waals surface area contributed by atoms with Gasteiger partial charge < -0.3 is 29.8 Å². The van der Waals surface area contributed by atoms with Crippen molar-refractivity contribution in [2.24, 2.45) is 23.5 Å². The molecule has 7 atom stereocenters. The molecule has 0 unspecified atom stereocenters. The molecule has 0 bridgehead atoms. The van der Waals surface area contributed by atoms with Crippen molar-refractivity contribution in [2.75, 3.05) is 27.8 Å². The van der Waals surface area contributed by atoms with Crippen LogP contribution in [0.25, 0.3) is 0 Å². The lowest BCUT2D eigenvalue weighted by Gasteiger charge is -2.43. The highest BCUT2D eigenvalue weighted by Gasteiger charge is 2.40. The van der Waals surface area contributed by atoms with Crippen molar-refractivity contribution < 1.29 is 23.9 Å². The first-order valence-corrected chi connectivity index (χ1v) is 12.4. The number of hydrogen-bond donors (Lipinski definition) is 1. The summed E-state index contributed by atoms with van der Waals surface area (Å²) in [6, 6.07) is -1.03. The Morgan fingerprint density at radius 2 is 1.79 bits per heavy atom. The quantitative estimate of drug-likeness (QED) is 0.416. The molecular formula is C25H47N3O5. The number of hydrogen-bond acceptors (Lipinski definition) is 6. The number of carbonyl (C=O) groups excluding carboxylic acids is 3. The van der Waals surface area contributed by atoms with Gasteiger partial charge in [-0.15, -0.1) is 0 Å². The van der Waals surface area contributed by atoms with Crippen LogP contribution in [0, 0.1) is 17.8 Å². The number of carbonyl (C=O) groups is 3. The predicted molar refractivity (Wildman–Crippen MR) is 130 cm³/mol. The number of likely N-dealkylation sites (N-methyl/N-ethyl adjacent to an activating group) is 1. The Kier molecular flexibility index (Phi) is 12.5. The van der Waals surface area contributed by atoms with Gasteiger partial charge in [-0.05, 0) is 31.1 Å². The van der Waals surface area contributed by atoms with Gasteiger partial charge in [0.2, 0.25) is 11.8 Å². The van der Waals surface area contributed by atoms with Crippen molar-refractivity contribution >= 4 is 18.1 Å². The van der Waals surface area contributed by atoms with Gasteiger partial charge in [0.05, 0.1) is 36.8 Å². The molecule has 192 valence electrons. The first-order valence-electron chi connectivity index (χ1n) is 12.4. The van der Waals surface area contributed by atoms with Gasteiger partial charge in [0, 0.05) is 33.7 Å². The lowest BCUT2D eigenvalue weighted by Crippen LogP contribution is -2.57. The average Bonchev–Trinajstić information content (AvgIpc) is 2.82. The number of nitrogens with two attached hydrogens (primary N) is 1. The largest absolute Gasteiger partial charge is 0.379 e. The minimum atomic E-state index is -0.603. The summed E-state index contributed by atoms with van der Waals surface area (Å²) < 4.78 is 11.5. The first kappa shape index (κ1) is 29.5. The molecule has 0 radical (unpaired) electrons. The highest BCUT2D eigenvalue weighted by Crippen LogP contribution is 2.28. The highest BCUT2D eigenvalue weighted by molar-refractivity contribution is 5.82. The molecule has 0 spiro atoms. The van der Waals surface area contributed by atoms with Crippen molar-refractivity contribution in [1.82, 2.24) is 9.80 Å². The Bertz CT molecular complexity index is 629. The molecule has 0 aromatic rings. The van der Waals surface area contributed by atoms with Crippen molar-refractivity contribution in [3.63, 3.8) is 0 Å². The Balaban J connectivity index is 3.14. The van der Waals surface area contributed by atoms with E-state index in [0.29, 0.717) is 6.54 Å². The van der Waals surface area contributed by atoms with E-state index in [-0.39, 0.29) is 54.2 Å². The van der Waals surface area contributed by atoms with E-state index in [1.807, 2.05) is 25.7 Å². The van der Waals surface area contributed by atoms with Crippen molar-refractivity contribution in [3.05, 3.63) is 0 Å². The summed E-state index contributed by atoms with van der Waals surface area (Å²) in [6.45, 7) is 10.4. The standard InChI is InChI=1S/C25H47N3O5/c1-9-17(4)23(27(6)25(31)22(26)16(2)3)20(32-7)14-21(30)28-13-11-10-12-19(28)24(33-8)18(5)15-29/h15-20,22-24H,9-14,26H2,1-8H3/t17-,18-,19-,20+,22-,23-,24+/m0/s1. The van der Waals surface area contributed by atoms with Crippen molar-refractivity contribution in [2.45, 2.75) is 97.1 Å². The van der Waals surface area contributed by atoms with Crippen LogP contribution in [-0.4, -0.2) is 86.0 Å². The van der Waals surface area contributed by atoms with Crippen LogP contribution in [-0.2, 0) is 23.9 Å². The maximum absolute atomic E-state index is 13.5. The monoisotopic (exact) mass is 469 g/mol. The smallest absolute Gasteiger partial charge is 0.239 e. The van der Waals surface area contributed by atoms with E-state index in [2.05, 4.69) is 13.8 Å². The van der Waals surface area contributed by atoms with E-state index < -0.39 is 12.1 Å². The van der Waals surface area contributed by atoms with Gasteiger partial charge in [0.25, 0.3) is 0 Å². The van der Waals surface area contributed by atoms with Crippen LogP contribution in [0.4, 0.5) is 0 Å². The summed E-state index contributed by atoms with van der Waals surface area (Å²) in [5, 5.41) is 0. The summed E-state index contributed by atoms with van der Waals surface area (Å²) in [5.74, 6) is -0.343. The first-order chi connectivity index (χ1) is 15.5. The molecule has 8 heteroatoms. The highest BCUT2D eigenvalue weighted by atomic mass is 16.5. The summed E-state index contributed by atoms with van der Waals surface area (Å²) >= 11 is 0. The van der Waals surface area contributed by atoms with Gasteiger partial charge in [-0.25, -0.2) is 0 Å². The van der Waals surface area contributed by atoms with Gasteiger partial charge >= 0.3 is 0 Å². The number of nitrogens with zero attached hydrogens (tertiary/aromatic N) is 2. The summed E-state index contributed by atoms with van der Waals surface area (Å²) in [7, 11) is 4.94. The second-order valence-electron chi connectivity index (χ2n) is 9.92. The molecule has 33 heavy (non-hydrogen) atoms. The third kappa shape index (κ3) is 7.49. The van der Waals surface area contributed by atoms with Crippen LogP contribution in [0.5, 0.6) is 0 Å². The second kappa shape index (κ2) is 14.0. The number of amides is 2. The van der Waals surface area contributed by atoms with E-state index in [9.17, 15) is 14.4 Å². The Morgan fingerprint density at radius 3 is 2.27 bits per heavy atom. The Hall–Kier alpha value is -1.51. The molecule has 1 saturated heterocycles. The summed E-state index contributed by atoms with van der Waals surface area (Å²) in [5.41, 5.74) is 6.16. The zero-order valence-corrected chi connectivity index (χ0v) is 22.0. The molecule has 2 N–H and O–H groups in total. The second-order valence-corrected chi connectivity index (χ2v) is 9.92. The van der Waals surface area contributed by atoms with E-state index >= 15 is 0 Å². The van der Waals surface area contributed by atoms with E-state index in [1.165, 1.54) is 0 Å². The molecule has 0 aromatic carbocycles. The third-order valence-electron chi connectivity index (χ3n) is 7.34. The molecule has 2 amide bonds. The fourth-order valence-corrected chi connectivity index (χ4v) is 4.95. The Morgan fingerprint density at radius 1 is 1.15 bits per heavy atom. The number of methoxy groups -OCH3 is 2. The zero-order chi connectivity index (χ0) is 25.3. The predicted octanol–water partition coefficient (Wildman–Crippen LogP) is 2.48. The van der Waals surface area contributed by atoms with Gasteiger partial charge in [0.1, 0.15) is 6.29 Å². The lowest BCUT2D eigenvalue weighted by molar-refractivity contribution is -0.148. The van der Waals surface area contributed by atoms with Crippen molar-refractivity contribution in [3.8, 4) is 0 Å². The van der Waals surface area contributed by atoms with E-state index in [4.69, 9.17) is 15.2 Å². The van der Waals surface area contributed by atoms with Gasteiger partial charge in [-0.3, -0.25) is 9.59 Å². The fourth-order valence-electron chi connectivity index (χ4n) is 4.95. The molecule has 1 aliphatic rings. The third-order valence-corrected chi connectivity index (χ3v) is 7.34. The molecule has 1 aliphatic heterocycles. The van der Waals surface area contributed by atoms with Crippen LogP contribution in [0.2, 0.25) is 0 Å². The number of likely N-dealkylation sites (tertiary alicyclic amines) is 1. The summed E-state index contributed by atoms with van der Waals surface area (Å²) in [4.78, 5) is 41.6. The number of aldehydes is 1. The van der Waals surface area contributed by atoms with Crippen LogP contribution in [0.1, 0.15) is 66.7 Å². The minimum Gasteiger partial charge on any atom is -0.379 e. The normalized spacial score (nSPS) is 22.2. The molecule has 0 aromatic heterocycles. The average molecular weight is 470 g/mol. The maximum atomic E-state index is 13.5. The van der Waals surface area contributed by atoms with Crippen molar-refractivity contribution in [1.29, 1.82) is 0 Å². The van der Waals surface area contributed by atoms with Gasteiger partial charge in [-0.2, -0.15) is 0 Å². The molecule has 0 saturated carbocycles. The molecular weight excluding hydrogens is 422 g/mol. The van der Waals surface area contributed by atoms with Crippen LogP contribution < -0.4 is 5.73 Å². The topological polar surface area (TPSA) is 102 Å². The van der Waals surface area contributed by atoms with E-state index in [0.717, 1.165) is 32.0 Å². The maximum Gasteiger partial charge on any atom is 0.239 e. The molecule has 1 heterocycles. The fraction of sp³-hybridized carbons (Fsp3) is 0.880. The van der Waals surface area contributed by atoms with Crippen LogP contribution in [0.15, 0.2) is 0 Å². The van der Waals surface area contributed by atoms with E-state index in [1.54, 1.807) is 26.2 Å². The molecule has 1 fully saturated rings. The number of ether oxygens (including phenoxy) is 2. The lowest BCUT2D eigenvalue weighted by atomic mass is 9.88. The molecule has 1 rings (SSSR count). The van der Waals surface area contributed by atoms with Gasteiger partial charge in [-0.1, -0.05) is 41.0 Å². The summed E-state index contributed by atoms with van der Waals surface area (Å²) in [6.07, 6.45) is 3.79. The zero-order valence-electron chi connectivity index (χ0n) is 22.0. The van der Waals surface area contributed by atoms with Crippen LogP contribution in [0.3, 0.4) is 0 Å². The number of piperidine rings is 1. The SMILES string of the molecule is CC[C@H](C)[C@@H]([C@@H](CC(=O)N1CCCC[C@H]1[C@H](OC)[C@@H](C)C=O)OC)N(C)C(=O)[C@@H](N)C(C)C. The molecule has 8 nitrogen and oxygen atoms in total. The van der Waals surface area contributed by atoms with Gasteiger partial charge in [0.15, 0.2) is 0 Å².